The van der Waals surface area contributed by atoms with Crippen LogP contribution in [0.5, 0.6) is 5.75 Å². The molecule has 0 saturated heterocycles. The Morgan fingerprint density at radius 3 is 2.59 bits per heavy atom. The predicted molar refractivity (Wildman–Crippen MR) is 70.6 cm³/mol. The molecule has 0 fully saturated rings. The second-order valence-electron chi connectivity index (χ2n) is 5.43. The summed E-state index contributed by atoms with van der Waals surface area (Å²) in [5.74, 6) is 1.11. The van der Waals surface area contributed by atoms with E-state index in [4.69, 9.17) is 4.74 Å². The van der Waals surface area contributed by atoms with Gasteiger partial charge in [0, 0.05) is 6.42 Å². The molecule has 2 nitrogen and oxygen atoms in total. The molecule has 1 aromatic carbocycles. The molecule has 94 valence electrons. The molecule has 0 spiro atoms. The monoisotopic (exact) mass is 234 g/mol. The number of Topliss-reactive ketones (excluding diaryl/α,β-unsaturated/α-hetero) is 1. The fraction of sp³-hybridized carbons (Fsp3) is 0.533. The van der Waals surface area contributed by atoms with Gasteiger partial charge in [-0.05, 0) is 36.5 Å². The van der Waals surface area contributed by atoms with Gasteiger partial charge in [0.2, 0.25) is 0 Å². The van der Waals surface area contributed by atoms with Gasteiger partial charge in [0.25, 0.3) is 0 Å². The van der Waals surface area contributed by atoms with Gasteiger partial charge in [-0.25, -0.2) is 0 Å². The first-order valence-electron chi connectivity index (χ1n) is 6.12. The van der Waals surface area contributed by atoms with Crippen LogP contribution in [0.3, 0.4) is 0 Å². The number of benzene rings is 1. The highest BCUT2D eigenvalue weighted by Gasteiger charge is 2.13. The van der Waals surface area contributed by atoms with Crippen LogP contribution in [0.4, 0.5) is 0 Å². The van der Waals surface area contributed by atoms with Crippen LogP contribution < -0.4 is 4.74 Å². The molecule has 0 radical (unpaired) electrons. The Kier molecular flexibility index (Phi) is 4.73. The molecular weight excluding hydrogens is 212 g/mol. The molecule has 0 unspecified atom stereocenters. The Hall–Kier alpha value is -1.31. The van der Waals surface area contributed by atoms with Crippen molar-refractivity contribution < 1.29 is 9.53 Å². The lowest BCUT2D eigenvalue weighted by atomic mass is 9.87. The summed E-state index contributed by atoms with van der Waals surface area (Å²) < 4.78 is 5.64. The first kappa shape index (κ1) is 13.8. The van der Waals surface area contributed by atoms with Crippen LogP contribution in [0.15, 0.2) is 24.3 Å². The van der Waals surface area contributed by atoms with Crippen molar-refractivity contribution in [3.63, 3.8) is 0 Å². The second kappa shape index (κ2) is 5.85. The first-order chi connectivity index (χ1) is 7.89. The zero-order valence-corrected chi connectivity index (χ0v) is 11.2. The van der Waals surface area contributed by atoms with E-state index in [1.807, 2.05) is 12.1 Å². The number of ketones is 1. The van der Waals surface area contributed by atoms with Crippen molar-refractivity contribution >= 4 is 5.78 Å². The van der Waals surface area contributed by atoms with Gasteiger partial charge in [0.15, 0.2) is 0 Å². The third-order valence-electron chi connectivity index (χ3n) is 2.64. The molecule has 0 bridgehead atoms. The Morgan fingerprint density at radius 2 is 2.00 bits per heavy atom. The Morgan fingerprint density at radius 1 is 1.29 bits per heavy atom. The predicted octanol–water partition coefficient (Wildman–Crippen LogP) is 3.73. The van der Waals surface area contributed by atoms with E-state index in [-0.39, 0.29) is 11.2 Å². The Balaban J connectivity index is 2.52. The summed E-state index contributed by atoms with van der Waals surface area (Å²) in [7, 11) is 0. The summed E-state index contributed by atoms with van der Waals surface area (Å²) in [4.78, 5) is 10.8. The molecule has 1 aromatic rings. The summed E-state index contributed by atoms with van der Waals surface area (Å²) in [6.45, 7) is 8.76. The summed E-state index contributed by atoms with van der Waals surface area (Å²) >= 11 is 0. The van der Waals surface area contributed by atoms with E-state index in [1.54, 1.807) is 6.92 Å². The highest BCUT2D eigenvalue weighted by atomic mass is 16.5. The van der Waals surface area contributed by atoms with Gasteiger partial charge in [0.1, 0.15) is 11.5 Å². The van der Waals surface area contributed by atoms with Gasteiger partial charge in [-0.15, -0.1) is 0 Å². The zero-order chi connectivity index (χ0) is 12.9. The molecule has 2 heteroatoms. The molecule has 0 aromatic heterocycles. The molecule has 0 aliphatic heterocycles. The van der Waals surface area contributed by atoms with Crippen molar-refractivity contribution in [2.75, 3.05) is 6.61 Å². The average Bonchev–Trinajstić information content (AvgIpc) is 2.23. The molecule has 17 heavy (non-hydrogen) atoms. The summed E-state index contributed by atoms with van der Waals surface area (Å²) in [6, 6.07) is 8.17. The molecular formula is C15H22O2. The molecule has 1 rings (SSSR count). The fourth-order valence-corrected chi connectivity index (χ4v) is 1.56. The number of hydrogen-bond donors (Lipinski definition) is 0. The quantitative estimate of drug-likeness (QED) is 0.726. The van der Waals surface area contributed by atoms with E-state index in [2.05, 4.69) is 32.9 Å². The highest BCUT2D eigenvalue weighted by Crippen LogP contribution is 2.25. The van der Waals surface area contributed by atoms with E-state index in [1.165, 1.54) is 5.56 Å². The smallest absolute Gasteiger partial charge is 0.129 e. The summed E-state index contributed by atoms with van der Waals surface area (Å²) in [5.41, 5.74) is 1.40. The number of ether oxygens (including phenoxy) is 1. The van der Waals surface area contributed by atoms with E-state index in [9.17, 15) is 4.79 Å². The van der Waals surface area contributed by atoms with Gasteiger partial charge in [-0.1, -0.05) is 32.9 Å². The third kappa shape index (κ3) is 5.03. The van der Waals surface area contributed by atoms with Gasteiger partial charge in [-0.2, -0.15) is 0 Å². The van der Waals surface area contributed by atoms with Crippen molar-refractivity contribution in [2.24, 2.45) is 0 Å². The molecule has 0 saturated carbocycles. The van der Waals surface area contributed by atoms with Crippen LogP contribution in [0.1, 0.15) is 46.1 Å². The maximum absolute atomic E-state index is 10.8. The largest absolute Gasteiger partial charge is 0.494 e. The van der Waals surface area contributed by atoms with E-state index in [0.29, 0.717) is 13.0 Å². The topological polar surface area (TPSA) is 26.3 Å². The van der Waals surface area contributed by atoms with E-state index in [0.717, 1.165) is 12.2 Å². The zero-order valence-electron chi connectivity index (χ0n) is 11.2. The van der Waals surface area contributed by atoms with Crippen LogP contribution in [0.25, 0.3) is 0 Å². The van der Waals surface area contributed by atoms with E-state index < -0.39 is 0 Å². The molecule has 0 N–H and O–H groups in total. The van der Waals surface area contributed by atoms with Gasteiger partial charge in [0.05, 0.1) is 6.61 Å². The van der Waals surface area contributed by atoms with Gasteiger partial charge < -0.3 is 9.53 Å². The molecule has 0 aliphatic rings. The first-order valence-corrected chi connectivity index (χ1v) is 6.12. The van der Waals surface area contributed by atoms with Crippen LogP contribution in [0, 0.1) is 0 Å². The van der Waals surface area contributed by atoms with Crippen molar-refractivity contribution in [2.45, 2.75) is 46.0 Å². The van der Waals surface area contributed by atoms with Crippen LogP contribution >= 0.6 is 0 Å². The van der Waals surface area contributed by atoms with Crippen LogP contribution in [-0.2, 0) is 10.2 Å². The van der Waals surface area contributed by atoms with Crippen molar-refractivity contribution in [3.05, 3.63) is 29.8 Å². The number of carbonyl (C=O) groups excluding carboxylic acids is 1. The third-order valence-corrected chi connectivity index (χ3v) is 2.64. The maximum atomic E-state index is 10.8. The summed E-state index contributed by atoms with van der Waals surface area (Å²) in [6.07, 6.45) is 1.38. The lowest BCUT2D eigenvalue weighted by molar-refractivity contribution is -0.117. The van der Waals surface area contributed by atoms with Crippen molar-refractivity contribution in [1.29, 1.82) is 0 Å². The molecule has 0 heterocycles. The SMILES string of the molecule is CC(=O)CCCOc1cccc(C(C)(C)C)c1. The normalized spacial score (nSPS) is 11.3. The van der Waals surface area contributed by atoms with Crippen LogP contribution in [0.2, 0.25) is 0 Å². The minimum Gasteiger partial charge on any atom is -0.494 e. The number of rotatable bonds is 5. The van der Waals surface area contributed by atoms with Crippen molar-refractivity contribution in [1.82, 2.24) is 0 Å². The Labute approximate surface area is 104 Å². The van der Waals surface area contributed by atoms with Crippen LogP contribution in [-0.4, -0.2) is 12.4 Å². The minimum atomic E-state index is 0.138. The van der Waals surface area contributed by atoms with Crippen molar-refractivity contribution in [3.8, 4) is 5.75 Å². The standard InChI is InChI=1S/C15H22O2/c1-12(16)7-6-10-17-14-9-5-8-13(11-14)15(2,3)4/h5,8-9,11H,6-7,10H2,1-4H3. The molecule has 0 aliphatic carbocycles. The lowest BCUT2D eigenvalue weighted by Gasteiger charge is -2.19. The summed E-state index contributed by atoms with van der Waals surface area (Å²) in [5, 5.41) is 0. The van der Waals surface area contributed by atoms with E-state index >= 15 is 0 Å². The highest BCUT2D eigenvalue weighted by molar-refractivity contribution is 5.75. The molecule has 0 amide bonds. The fourth-order valence-electron chi connectivity index (χ4n) is 1.56. The number of hydrogen-bond acceptors (Lipinski definition) is 2. The number of carbonyl (C=O) groups is 1. The maximum Gasteiger partial charge on any atom is 0.129 e. The minimum absolute atomic E-state index is 0.138. The van der Waals surface area contributed by atoms with Gasteiger partial charge in [-0.3, -0.25) is 0 Å². The second-order valence-corrected chi connectivity index (χ2v) is 5.43. The average molecular weight is 234 g/mol. The lowest BCUT2D eigenvalue weighted by Crippen LogP contribution is -2.11. The van der Waals surface area contributed by atoms with Gasteiger partial charge >= 0.3 is 0 Å². The Bertz CT molecular complexity index is 375. The molecule has 0 atom stereocenters.